The first kappa shape index (κ1) is 17.6. The third-order valence-corrected chi connectivity index (χ3v) is 6.74. The second-order valence-corrected chi connectivity index (χ2v) is 8.06. The third kappa shape index (κ3) is 3.72. The summed E-state index contributed by atoms with van der Waals surface area (Å²) in [6.07, 6.45) is 3.03. The molecule has 130 valence electrons. The van der Waals surface area contributed by atoms with Gasteiger partial charge in [0.25, 0.3) is 0 Å². The first-order chi connectivity index (χ1) is 11.6. The molecule has 1 spiro atoms. The van der Waals surface area contributed by atoms with Crippen molar-refractivity contribution < 1.29 is 9.59 Å². The van der Waals surface area contributed by atoms with Crippen LogP contribution in [0.15, 0.2) is 30.3 Å². The maximum atomic E-state index is 12.8. The van der Waals surface area contributed by atoms with Crippen molar-refractivity contribution in [1.82, 2.24) is 9.80 Å². The summed E-state index contributed by atoms with van der Waals surface area (Å²) in [6, 6.07) is 10.1. The van der Waals surface area contributed by atoms with Crippen molar-refractivity contribution in [2.24, 2.45) is 0 Å². The molecule has 2 amide bonds. The molecule has 2 heterocycles. The number of piperidine rings is 1. The molecule has 0 aromatic heterocycles. The Morgan fingerprint density at radius 3 is 2.46 bits per heavy atom. The SMILES string of the molecule is O=C(CCl)N1CCC2(CC1)SCCN2C(=O)CCc1ccccc1. The van der Waals surface area contributed by atoms with Crippen LogP contribution in [0.1, 0.15) is 24.8 Å². The summed E-state index contributed by atoms with van der Waals surface area (Å²) in [6.45, 7) is 2.21. The lowest BCUT2D eigenvalue weighted by Gasteiger charge is -2.44. The summed E-state index contributed by atoms with van der Waals surface area (Å²) in [5.74, 6) is 1.26. The molecule has 2 saturated heterocycles. The Balaban J connectivity index is 1.59. The molecule has 0 saturated carbocycles. The average Bonchev–Trinajstić information content (AvgIpc) is 3.03. The molecule has 1 aromatic rings. The first-order valence-electron chi connectivity index (χ1n) is 8.47. The second kappa shape index (κ2) is 7.79. The van der Waals surface area contributed by atoms with Crippen LogP contribution in [0.2, 0.25) is 0 Å². The highest BCUT2D eigenvalue weighted by atomic mass is 35.5. The highest BCUT2D eigenvalue weighted by Crippen LogP contribution is 2.44. The average molecular weight is 367 g/mol. The van der Waals surface area contributed by atoms with E-state index >= 15 is 0 Å². The van der Waals surface area contributed by atoms with Crippen LogP contribution < -0.4 is 0 Å². The predicted octanol–water partition coefficient (Wildman–Crippen LogP) is 2.75. The van der Waals surface area contributed by atoms with Crippen molar-refractivity contribution in [3.63, 3.8) is 0 Å². The fraction of sp³-hybridized carbons (Fsp3) is 0.556. The lowest BCUT2D eigenvalue weighted by atomic mass is 10.0. The first-order valence-corrected chi connectivity index (χ1v) is 9.99. The Labute approximate surface area is 152 Å². The van der Waals surface area contributed by atoms with Gasteiger partial charge in [0, 0.05) is 31.8 Å². The molecule has 0 aliphatic carbocycles. The van der Waals surface area contributed by atoms with Crippen LogP contribution in [-0.4, -0.2) is 57.8 Å². The molecule has 4 nitrogen and oxygen atoms in total. The Hall–Kier alpha value is -1.20. The Morgan fingerprint density at radius 1 is 1.08 bits per heavy atom. The zero-order valence-corrected chi connectivity index (χ0v) is 15.3. The number of alkyl halides is 1. The maximum absolute atomic E-state index is 12.8. The van der Waals surface area contributed by atoms with Gasteiger partial charge in [-0.1, -0.05) is 30.3 Å². The van der Waals surface area contributed by atoms with Gasteiger partial charge in [-0.05, 0) is 24.8 Å². The van der Waals surface area contributed by atoms with Crippen LogP contribution in [0.5, 0.6) is 0 Å². The lowest BCUT2D eigenvalue weighted by molar-refractivity contribution is -0.136. The van der Waals surface area contributed by atoms with Gasteiger partial charge >= 0.3 is 0 Å². The number of aryl methyl sites for hydroxylation is 1. The Bertz CT molecular complexity index is 588. The summed E-state index contributed by atoms with van der Waals surface area (Å²) < 4.78 is 0. The van der Waals surface area contributed by atoms with Crippen LogP contribution in [0.25, 0.3) is 0 Å². The van der Waals surface area contributed by atoms with E-state index in [4.69, 9.17) is 11.6 Å². The van der Waals surface area contributed by atoms with Crippen molar-refractivity contribution in [2.45, 2.75) is 30.6 Å². The molecule has 2 fully saturated rings. The fourth-order valence-corrected chi connectivity index (χ4v) is 5.24. The smallest absolute Gasteiger partial charge is 0.237 e. The molecule has 24 heavy (non-hydrogen) atoms. The molecular weight excluding hydrogens is 344 g/mol. The molecule has 3 rings (SSSR count). The number of carbonyl (C=O) groups is 2. The molecule has 0 radical (unpaired) electrons. The van der Waals surface area contributed by atoms with Gasteiger partial charge in [-0.3, -0.25) is 9.59 Å². The summed E-state index contributed by atoms with van der Waals surface area (Å²) in [5, 5.41) is 0. The van der Waals surface area contributed by atoms with Gasteiger partial charge in [0.05, 0.1) is 4.87 Å². The van der Waals surface area contributed by atoms with Crippen LogP contribution in [0.3, 0.4) is 0 Å². The summed E-state index contributed by atoms with van der Waals surface area (Å²) in [4.78, 5) is 28.3. The molecule has 0 bridgehead atoms. The monoisotopic (exact) mass is 366 g/mol. The van der Waals surface area contributed by atoms with E-state index in [0.29, 0.717) is 19.5 Å². The normalized spacial score (nSPS) is 19.7. The van der Waals surface area contributed by atoms with Crippen LogP contribution in [-0.2, 0) is 16.0 Å². The van der Waals surface area contributed by atoms with E-state index in [1.807, 2.05) is 34.9 Å². The van der Waals surface area contributed by atoms with E-state index in [0.717, 1.165) is 31.6 Å². The quantitative estimate of drug-likeness (QED) is 0.769. The third-order valence-electron chi connectivity index (χ3n) is 4.96. The standard InChI is InChI=1S/C18H23ClN2O2S/c19-14-17(23)20-10-8-18(9-11-20)21(12-13-24-18)16(22)7-6-15-4-2-1-3-5-15/h1-5H,6-14H2. The minimum Gasteiger partial charge on any atom is -0.341 e. The van der Waals surface area contributed by atoms with Gasteiger partial charge in [-0.2, -0.15) is 0 Å². The molecular formula is C18H23ClN2O2S. The van der Waals surface area contributed by atoms with Crippen LogP contribution in [0.4, 0.5) is 0 Å². The number of halogens is 1. The molecule has 1 aromatic carbocycles. The summed E-state index contributed by atoms with van der Waals surface area (Å²) >= 11 is 7.53. The highest BCUT2D eigenvalue weighted by Gasteiger charge is 2.46. The van der Waals surface area contributed by atoms with Crippen LogP contribution >= 0.6 is 23.4 Å². The second-order valence-electron chi connectivity index (χ2n) is 6.34. The van der Waals surface area contributed by atoms with Gasteiger partial charge < -0.3 is 9.80 Å². The number of benzene rings is 1. The maximum Gasteiger partial charge on any atom is 0.237 e. The number of thioether (sulfide) groups is 1. The minimum atomic E-state index is -0.114. The molecule has 6 heteroatoms. The largest absolute Gasteiger partial charge is 0.341 e. The van der Waals surface area contributed by atoms with Gasteiger partial charge in [0.2, 0.25) is 11.8 Å². The lowest BCUT2D eigenvalue weighted by Crippen LogP contribution is -2.53. The van der Waals surface area contributed by atoms with E-state index in [1.54, 1.807) is 0 Å². The number of rotatable bonds is 4. The number of hydrogen-bond donors (Lipinski definition) is 0. The number of hydrogen-bond acceptors (Lipinski definition) is 3. The van der Waals surface area contributed by atoms with Gasteiger partial charge in [-0.25, -0.2) is 0 Å². The van der Waals surface area contributed by atoms with E-state index in [-0.39, 0.29) is 22.6 Å². The predicted molar refractivity (Wildman–Crippen MR) is 98.2 cm³/mol. The fourth-order valence-electron chi connectivity index (χ4n) is 3.60. The van der Waals surface area contributed by atoms with E-state index in [2.05, 4.69) is 17.0 Å². The van der Waals surface area contributed by atoms with Crippen molar-refractivity contribution in [3.8, 4) is 0 Å². The Morgan fingerprint density at radius 2 is 1.79 bits per heavy atom. The molecule has 2 aliphatic rings. The zero-order chi connectivity index (χ0) is 17.0. The summed E-state index contributed by atoms with van der Waals surface area (Å²) in [5.41, 5.74) is 1.20. The number of amides is 2. The van der Waals surface area contributed by atoms with E-state index in [9.17, 15) is 9.59 Å². The number of likely N-dealkylation sites (tertiary alicyclic amines) is 1. The van der Waals surface area contributed by atoms with E-state index in [1.165, 1.54) is 5.56 Å². The van der Waals surface area contributed by atoms with Crippen molar-refractivity contribution >= 4 is 35.2 Å². The van der Waals surface area contributed by atoms with Crippen molar-refractivity contribution in [1.29, 1.82) is 0 Å². The minimum absolute atomic E-state index is 0.00327. The Kier molecular flexibility index (Phi) is 5.72. The van der Waals surface area contributed by atoms with Crippen molar-refractivity contribution in [3.05, 3.63) is 35.9 Å². The van der Waals surface area contributed by atoms with Crippen LogP contribution in [0, 0.1) is 0 Å². The van der Waals surface area contributed by atoms with Gasteiger partial charge in [-0.15, -0.1) is 23.4 Å². The van der Waals surface area contributed by atoms with Crippen molar-refractivity contribution in [2.75, 3.05) is 31.3 Å². The molecule has 0 unspecified atom stereocenters. The number of carbonyl (C=O) groups excluding carboxylic acids is 2. The topological polar surface area (TPSA) is 40.6 Å². The van der Waals surface area contributed by atoms with E-state index < -0.39 is 0 Å². The number of nitrogens with zero attached hydrogens (tertiary/aromatic N) is 2. The molecule has 0 N–H and O–H groups in total. The molecule has 2 aliphatic heterocycles. The summed E-state index contributed by atoms with van der Waals surface area (Å²) in [7, 11) is 0. The van der Waals surface area contributed by atoms with Gasteiger partial charge in [0.15, 0.2) is 0 Å². The zero-order valence-electron chi connectivity index (χ0n) is 13.7. The molecule has 0 atom stereocenters. The van der Waals surface area contributed by atoms with Gasteiger partial charge in [0.1, 0.15) is 5.88 Å². The highest BCUT2D eigenvalue weighted by molar-refractivity contribution is 8.00.